The van der Waals surface area contributed by atoms with Gasteiger partial charge in [-0.15, -0.1) is 0 Å². The molecular weight excluding hydrogens is 344 g/mol. The van der Waals surface area contributed by atoms with Crippen molar-refractivity contribution in [2.75, 3.05) is 39.9 Å². The molecule has 2 fully saturated rings. The molecule has 3 heterocycles. The zero-order chi connectivity index (χ0) is 18.0. The summed E-state index contributed by atoms with van der Waals surface area (Å²) in [4.78, 5) is 22.5. The molecular formula is C16H24N4O4S. The number of nitrogens with zero attached hydrogens (tertiary/aromatic N) is 4. The van der Waals surface area contributed by atoms with E-state index in [0.29, 0.717) is 51.3 Å². The van der Waals surface area contributed by atoms with Crippen molar-refractivity contribution in [2.45, 2.75) is 25.0 Å². The fourth-order valence-electron chi connectivity index (χ4n) is 3.58. The number of hydrogen-bond acceptors (Lipinski definition) is 6. The number of aromatic nitrogens is 2. The van der Waals surface area contributed by atoms with Crippen LogP contribution in [0.4, 0.5) is 0 Å². The molecule has 1 aromatic heterocycles. The Hall–Kier alpha value is -1.58. The van der Waals surface area contributed by atoms with Gasteiger partial charge in [0, 0.05) is 39.5 Å². The van der Waals surface area contributed by atoms with E-state index in [1.165, 1.54) is 10.5 Å². The summed E-state index contributed by atoms with van der Waals surface area (Å²) in [6.07, 6.45) is 4.18. The van der Waals surface area contributed by atoms with Crippen LogP contribution in [-0.2, 0) is 14.8 Å². The number of hydrogen-bond donors (Lipinski definition) is 0. The number of methoxy groups -OCH3 is 1. The highest BCUT2D eigenvalue weighted by Crippen LogP contribution is 2.34. The molecule has 2 aliphatic rings. The Kier molecular flexibility index (Phi) is 5.35. The van der Waals surface area contributed by atoms with Crippen molar-refractivity contribution in [3.8, 4) is 0 Å². The topological polar surface area (TPSA) is 92.7 Å². The molecule has 2 saturated heterocycles. The third-order valence-corrected chi connectivity index (χ3v) is 7.43. The quantitative estimate of drug-likeness (QED) is 0.759. The molecule has 2 atom stereocenters. The number of ether oxygens (including phenoxy) is 1. The van der Waals surface area contributed by atoms with Crippen molar-refractivity contribution >= 4 is 15.9 Å². The molecule has 2 aliphatic heterocycles. The van der Waals surface area contributed by atoms with Gasteiger partial charge in [0.25, 0.3) is 5.91 Å². The molecule has 9 heteroatoms. The fraction of sp³-hybridized carbons (Fsp3) is 0.688. The molecule has 0 aliphatic carbocycles. The van der Waals surface area contributed by atoms with E-state index in [2.05, 4.69) is 9.97 Å². The first-order valence-corrected chi connectivity index (χ1v) is 9.99. The summed E-state index contributed by atoms with van der Waals surface area (Å²) < 4.78 is 32.0. The number of amides is 1. The molecule has 1 aromatic rings. The van der Waals surface area contributed by atoms with E-state index < -0.39 is 15.3 Å². The van der Waals surface area contributed by atoms with Gasteiger partial charge in [-0.1, -0.05) is 0 Å². The summed E-state index contributed by atoms with van der Waals surface area (Å²) in [5, 5.41) is -0.411. The summed E-state index contributed by atoms with van der Waals surface area (Å²) in [6, 6.07) is 0. The minimum Gasteiger partial charge on any atom is -0.383 e. The van der Waals surface area contributed by atoms with Crippen LogP contribution >= 0.6 is 0 Å². The van der Waals surface area contributed by atoms with Gasteiger partial charge in [0.05, 0.1) is 23.7 Å². The lowest BCUT2D eigenvalue weighted by Crippen LogP contribution is -2.36. The molecule has 0 bridgehead atoms. The first kappa shape index (κ1) is 18.2. The maximum atomic E-state index is 12.7. The van der Waals surface area contributed by atoms with E-state index in [-0.39, 0.29) is 11.8 Å². The van der Waals surface area contributed by atoms with Crippen LogP contribution in [0.1, 0.15) is 29.0 Å². The van der Waals surface area contributed by atoms with E-state index in [4.69, 9.17) is 4.74 Å². The Balaban J connectivity index is 1.68. The highest BCUT2D eigenvalue weighted by molar-refractivity contribution is 7.90. The summed E-state index contributed by atoms with van der Waals surface area (Å²) in [5.74, 6) is -0.120. The largest absolute Gasteiger partial charge is 0.383 e. The van der Waals surface area contributed by atoms with Crippen molar-refractivity contribution in [2.24, 2.45) is 5.92 Å². The standard InChI is InChI=1S/C16H24N4O4S/c1-12-9-18-14(10-17-12)16(21)19-5-3-13-11-20(7-8-24-2)25(22,23)15(13)4-6-19/h9-10,13,15H,3-8,11H2,1-2H3/t13-,15-/m1/s1. The van der Waals surface area contributed by atoms with E-state index >= 15 is 0 Å². The van der Waals surface area contributed by atoms with Crippen molar-refractivity contribution in [3.05, 3.63) is 23.8 Å². The van der Waals surface area contributed by atoms with Gasteiger partial charge >= 0.3 is 0 Å². The van der Waals surface area contributed by atoms with Crippen LogP contribution in [0.25, 0.3) is 0 Å². The van der Waals surface area contributed by atoms with Gasteiger partial charge in [-0.3, -0.25) is 9.78 Å². The summed E-state index contributed by atoms with van der Waals surface area (Å²) in [6.45, 7) is 4.09. The van der Waals surface area contributed by atoms with Crippen LogP contribution in [0.15, 0.2) is 12.4 Å². The maximum Gasteiger partial charge on any atom is 0.274 e. The van der Waals surface area contributed by atoms with E-state index in [0.717, 1.165) is 5.69 Å². The van der Waals surface area contributed by atoms with Gasteiger partial charge in [0.15, 0.2) is 0 Å². The van der Waals surface area contributed by atoms with Gasteiger partial charge in [0.1, 0.15) is 5.69 Å². The van der Waals surface area contributed by atoms with Crippen LogP contribution in [-0.4, -0.2) is 78.6 Å². The number of sulfonamides is 1. The normalized spacial score (nSPS) is 26.2. The van der Waals surface area contributed by atoms with Gasteiger partial charge in [0.2, 0.25) is 10.0 Å². The zero-order valence-electron chi connectivity index (χ0n) is 14.6. The number of likely N-dealkylation sites (tertiary alicyclic amines) is 1. The molecule has 138 valence electrons. The van der Waals surface area contributed by atoms with Crippen molar-refractivity contribution in [1.82, 2.24) is 19.2 Å². The smallest absolute Gasteiger partial charge is 0.274 e. The average molecular weight is 368 g/mol. The maximum absolute atomic E-state index is 12.7. The molecule has 0 unspecified atom stereocenters. The molecule has 25 heavy (non-hydrogen) atoms. The van der Waals surface area contributed by atoms with E-state index in [1.807, 2.05) is 6.92 Å². The summed E-state index contributed by atoms with van der Waals surface area (Å²) in [7, 11) is -1.75. The second kappa shape index (κ2) is 7.35. The Bertz CT molecular complexity index is 722. The lowest BCUT2D eigenvalue weighted by molar-refractivity contribution is 0.0752. The van der Waals surface area contributed by atoms with Gasteiger partial charge < -0.3 is 9.64 Å². The molecule has 3 rings (SSSR count). The number of fused-ring (bicyclic) bond motifs is 1. The second-order valence-corrected chi connectivity index (χ2v) is 8.76. The van der Waals surface area contributed by atoms with Gasteiger partial charge in [-0.25, -0.2) is 13.4 Å². The Morgan fingerprint density at radius 2 is 2.04 bits per heavy atom. The van der Waals surface area contributed by atoms with Crippen molar-refractivity contribution < 1.29 is 17.9 Å². The first-order valence-electron chi connectivity index (χ1n) is 8.49. The minimum absolute atomic E-state index is 0.0590. The highest BCUT2D eigenvalue weighted by atomic mass is 32.2. The van der Waals surface area contributed by atoms with Gasteiger partial charge in [-0.05, 0) is 25.7 Å². The van der Waals surface area contributed by atoms with Crippen molar-refractivity contribution in [1.29, 1.82) is 0 Å². The van der Waals surface area contributed by atoms with Crippen LogP contribution in [0.5, 0.6) is 0 Å². The van der Waals surface area contributed by atoms with Crippen LogP contribution in [0.2, 0.25) is 0 Å². The fourth-order valence-corrected chi connectivity index (χ4v) is 5.80. The molecule has 0 aromatic carbocycles. The average Bonchev–Trinajstić information content (AvgIpc) is 2.74. The number of aryl methyl sites for hydroxylation is 1. The molecule has 0 N–H and O–H groups in total. The monoisotopic (exact) mass is 368 g/mol. The van der Waals surface area contributed by atoms with Crippen LogP contribution < -0.4 is 0 Å². The lowest BCUT2D eigenvalue weighted by atomic mass is 10.0. The summed E-state index contributed by atoms with van der Waals surface area (Å²) in [5.41, 5.74) is 1.06. The van der Waals surface area contributed by atoms with Crippen LogP contribution in [0, 0.1) is 12.8 Å². The number of carbonyl (C=O) groups excluding carboxylic acids is 1. The predicted octanol–water partition coefficient (Wildman–Crippen LogP) is 0.298. The van der Waals surface area contributed by atoms with E-state index in [9.17, 15) is 13.2 Å². The lowest BCUT2D eigenvalue weighted by Gasteiger charge is -2.21. The number of carbonyl (C=O) groups is 1. The summed E-state index contributed by atoms with van der Waals surface area (Å²) >= 11 is 0. The van der Waals surface area contributed by atoms with Crippen molar-refractivity contribution in [3.63, 3.8) is 0 Å². The second-order valence-electron chi connectivity index (χ2n) is 6.61. The molecule has 0 radical (unpaired) electrons. The SMILES string of the molecule is COCCN1C[C@H]2CCN(C(=O)c3cnc(C)cn3)CC[C@H]2S1(=O)=O. The van der Waals surface area contributed by atoms with Crippen LogP contribution in [0.3, 0.4) is 0 Å². The molecule has 1 amide bonds. The van der Waals surface area contributed by atoms with E-state index in [1.54, 1.807) is 18.2 Å². The molecule has 0 spiro atoms. The molecule has 0 saturated carbocycles. The Morgan fingerprint density at radius 3 is 2.72 bits per heavy atom. The molecule has 8 nitrogen and oxygen atoms in total. The van der Waals surface area contributed by atoms with Gasteiger partial charge in [-0.2, -0.15) is 4.31 Å². The third-order valence-electron chi connectivity index (χ3n) is 4.99. The highest BCUT2D eigenvalue weighted by Gasteiger charge is 2.47. The Morgan fingerprint density at radius 1 is 1.28 bits per heavy atom. The number of rotatable bonds is 4. The Labute approximate surface area is 148 Å². The third kappa shape index (κ3) is 3.68. The minimum atomic E-state index is -3.32. The zero-order valence-corrected chi connectivity index (χ0v) is 15.4. The predicted molar refractivity (Wildman–Crippen MR) is 91.6 cm³/mol. The first-order chi connectivity index (χ1) is 11.9.